The molecule has 126 valence electrons. The number of anilines is 2. The molecule has 0 unspecified atom stereocenters. The Hall–Kier alpha value is -2.34. The summed E-state index contributed by atoms with van der Waals surface area (Å²) in [5.41, 5.74) is 2.04. The molecule has 2 heterocycles. The van der Waals surface area contributed by atoms with Crippen LogP contribution in [0.5, 0.6) is 5.75 Å². The zero-order valence-electron chi connectivity index (χ0n) is 13.7. The maximum Gasteiger partial charge on any atom is 0.272 e. The van der Waals surface area contributed by atoms with Gasteiger partial charge in [-0.15, -0.1) is 0 Å². The Bertz CT molecular complexity index is 760. The highest BCUT2D eigenvalue weighted by atomic mass is 35.5. The number of likely N-dealkylation sites (tertiary alicyclic amines) is 1. The second-order valence-corrected chi connectivity index (χ2v) is 6.12. The zero-order chi connectivity index (χ0) is 17.1. The minimum absolute atomic E-state index is 0.0581. The van der Waals surface area contributed by atoms with Gasteiger partial charge in [0.1, 0.15) is 23.6 Å². The predicted octanol–water partition coefficient (Wildman–Crippen LogP) is 3.43. The molecule has 0 atom stereocenters. The number of nitrogens with zero attached hydrogens (tertiary/aromatic N) is 3. The van der Waals surface area contributed by atoms with E-state index in [2.05, 4.69) is 15.3 Å². The van der Waals surface area contributed by atoms with Crippen LogP contribution in [-0.4, -0.2) is 41.0 Å². The third-order valence-corrected chi connectivity index (χ3v) is 4.43. The van der Waals surface area contributed by atoms with Crippen LogP contribution < -0.4 is 10.1 Å². The SMILES string of the molecule is COc1cc(Cl)c(C)cc1Nc1cc(C(=O)N2CCCC2)ncn1. The second kappa shape index (κ2) is 7.05. The maximum absolute atomic E-state index is 12.4. The summed E-state index contributed by atoms with van der Waals surface area (Å²) in [5.74, 6) is 1.08. The summed E-state index contributed by atoms with van der Waals surface area (Å²) in [4.78, 5) is 22.6. The van der Waals surface area contributed by atoms with Crippen molar-refractivity contribution in [3.05, 3.63) is 40.8 Å². The Kier molecular flexibility index (Phi) is 4.85. The summed E-state index contributed by atoms with van der Waals surface area (Å²) < 4.78 is 5.35. The molecule has 1 amide bonds. The fourth-order valence-electron chi connectivity index (χ4n) is 2.69. The van der Waals surface area contributed by atoms with Crippen molar-refractivity contribution in [2.24, 2.45) is 0 Å². The van der Waals surface area contributed by atoms with Gasteiger partial charge in [0, 0.05) is 30.2 Å². The number of aryl methyl sites for hydroxylation is 1. The van der Waals surface area contributed by atoms with Gasteiger partial charge in [-0.2, -0.15) is 0 Å². The molecular weight excluding hydrogens is 328 g/mol. The number of amides is 1. The van der Waals surface area contributed by atoms with Gasteiger partial charge in [0.25, 0.3) is 5.91 Å². The van der Waals surface area contributed by atoms with E-state index in [0.717, 1.165) is 37.2 Å². The molecule has 0 saturated carbocycles. The molecule has 7 heteroatoms. The zero-order valence-corrected chi connectivity index (χ0v) is 14.4. The molecule has 1 aromatic carbocycles. The van der Waals surface area contributed by atoms with Gasteiger partial charge in [-0.3, -0.25) is 4.79 Å². The van der Waals surface area contributed by atoms with Crippen molar-refractivity contribution in [2.75, 3.05) is 25.5 Å². The largest absolute Gasteiger partial charge is 0.495 e. The van der Waals surface area contributed by atoms with Crippen LogP contribution in [0.1, 0.15) is 28.9 Å². The van der Waals surface area contributed by atoms with Gasteiger partial charge in [-0.05, 0) is 31.4 Å². The lowest BCUT2D eigenvalue weighted by Crippen LogP contribution is -2.28. The first-order valence-corrected chi connectivity index (χ1v) is 8.19. The average molecular weight is 347 g/mol. The van der Waals surface area contributed by atoms with E-state index in [1.165, 1.54) is 6.33 Å². The average Bonchev–Trinajstić information content (AvgIpc) is 3.12. The molecular formula is C17H19ClN4O2. The van der Waals surface area contributed by atoms with Crippen LogP contribution in [0.3, 0.4) is 0 Å². The number of carbonyl (C=O) groups is 1. The van der Waals surface area contributed by atoms with E-state index in [4.69, 9.17) is 16.3 Å². The van der Waals surface area contributed by atoms with Crippen molar-refractivity contribution in [3.8, 4) is 5.75 Å². The van der Waals surface area contributed by atoms with Crippen molar-refractivity contribution in [3.63, 3.8) is 0 Å². The molecule has 1 fully saturated rings. The van der Waals surface area contributed by atoms with E-state index < -0.39 is 0 Å². The van der Waals surface area contributed by atoms with Crippen molar-refractivity contribution in [2.45, 2.75) is 19.8 Å². The van der Waals surface area contributed by atoms with E-state index in [0.29, 0.717) is 22.3 Å². The van der Waals surface area contributed by atoms with E-state index >= 15 is 0 Å². The van der Waals surface area contributed by atoms with Crippen LogP contribution in [0.15, 0.2) is 24.5 Å². The van der Waals surface area contributed by atoms with Crippen LogP contribution in [0, 0.1) is 6.92 Å². The Morgan fingerprint density at radius 2 is 2.00 bits per heavy atom. The maximum atomic E-state index is 12.4. The van der Waals surface area contributed by atoms with Crippen LogP contribution in [-0.2, 0) is 0 Å². The Morgan fingerprint density at radius 1 is 1.25 bits per heavy atom. The molecule has 1 saturated heterocycles. The summed E-state index contributed by atoms with van der Waals surface area (Å²) in [7, 11) is 1.58. The van der Waals surface area contributed by atoms with Crippen LogP contribution in [0.25, 0.3) is 0 Å². The van der Waals surface area contributed by atoms with Crippen LogP contribution in [0.4, 0.5) is 11.5 Å². The van der Waals surface area contributed by atoms with Crippen molar-refractivity contribution in [1.29, 1.82) is 0 Å². The summed E-state index contributed by atoms with van der Waals surface area (Å²) in [6.45, 7) is 3.49. The highest BCUT2D eigenvalue weighted by Crippen LogP contribution is 2.32. The first-order valence-electron chi connectivity index (χ1n) is 7.81. The van der Waals surface area contributed by atoms with E-state index in [9.17, 15) is 4.79 Å². The van der Waals surface area contributed by atoms with Gasteiger partial charge in [0.2, 0.25) is 0 Å². The first kappa shape index (κ1) is 16.5. The minimum Gasteiger partial charge on any atom is -0.495 e. The molecule has 24 heavy (non-hydrogen) atoms. The van der Waals surface area contributed by atoms with E-state index in [1.807, 2.05) is 17.9 Å². The normalized spacial score (nSPS) is 13.9. The van der Waals surface area contributed by atoms with E-state index in [1.54, 1.807) is 19.2 Å². The van der Waals surface area contributed by atoms with Crippen molar-refractivity contribution < 1.29 is 9.53 Å². The molecule has 1 N–H and O–H groups in total. The molecule has 3 rings (SSSR count). The number of hydrogen-bond acceptors (Lipinski definition) is 5. The van der Waals surface area contributed by atoms with Crippen molar-refractivity contribution >= 4 is 29.0 Å². The number of halogens is 1. The lowest BCUT2D eigenvalue weighted by Gasteiger charge is -2.15. The number of hydrogen-bond donors (Lipinski definition) is 1. The fraction of sp³-hybridized carbons (Fsp3) is 0.353. The molecule has 0 radical (unpaired) electrons. The van der Waals surface area contributed by atoms with Gasteiger partial charge >= 0.3 is 0 Å². The van der Waals surface area contributed by atoms with Crippen LogP contribution >= 0.6 is 11.6 Å². The molecule has 0 spiro atoms. The van der Waals surface area contributed by atoms with Gasteiger partial charge in [-0.25, -0.2) is 9.97 Å². The van der Waals surface area contributed by atoms with Gasteiger partial charge < -0.3 is 15.0 Å². The molecule has 0 bridgehead atoms. The lowest BCUT2D eigenvalue weighted by molar-refractivity contribution is 0.0787. The highest BCUT2D eigenvalue weighted by molar-refractivity contribution is 6.31. The number of carbonyl (C=O) groups excluding carboxylic acids is 1. The number of benzene rings is 1. The second-order valence-electron chi connectivity index (χ2n) is 5.71. The summed E-state index contributed by atoms with van der Waals surface area (Å²) in [6, 6.07) is 5.28. The standard InChI is InChI=1S/C17H19ClN4O2/c1-11-7-13(15(24-2)8-12(11)18)21-16-9-14(19-10-20-16)17(23)22-5-3-4-6-22/h7-10H,3-6H2,1-2H3,(H,19,20,21). The Labute approximate surface area is 145 Å². The Morgan fingerprint density at radius 3 is 2.71 bits per heavy atom. The topological polar surface area (TPSA) is 67.3 Å². The molecule has 1 aliphatic rings. The third-order valence-electron chi connectivity index (χ3n) is 4.02. The molecule has 2 aromatic rings. The fourth-order valence-corrected chi connectivity index (χ4v) is 2.85. The number of nitrogens with one attached hydrogen (secondary N) is 1. The van der Waals surface area contributed by atoms with Crippen molar-refractivity contribution in [1.82, 2.24) is 14.9 Å². The van der Waals surface area contributed by atoms with Gasteiger partial charge in [0.05, 0.1) is 12.8 Å². The summed E-state index contributed by atoms with van der Waals surface area (Å²) in [6.07, 6.45) is 3.48. The molecule has 1 aromatic heterocycles. The minimum atomic E-state index is -0.0581. The number of ether oxygens (including phenoxy) is 1. The lowest BCUT2D eigenvalue weighted by atomic mass is 10.2. The summed E-state index contributed by atoms with van der Waals surface area (Å²) in [5, 5.41) is 3.80. The van der Waals surface area contributed by atoms with Gasteiger partial charge in [-0.1, -0.05) is 11.6 Å². The first-order chi connectivity index (χ1) is 11.6. The van der Waals surface area contributed by atoms with Crippen LogP contribution in [0.2, 0.25) is 5.02 Å². The number of aromatic nitrogens is 2. The monoisotopic (exact) mass is 346 g/mol. The quantitative estimate of drug-likeness (QED) is 0.918. The molecule has 0 aliphatic carbocycles. The van der Waals surface area contributed by atoms with Gasteiger partial charge in [0.15, 0.2) is 0 Å². The summed E-state index contributed by atoms with van der Waals surface area (Å²) >= 11 is 6.12. The molecule has 1 aliphatic heterocycles. The third kappa shape index (κ3) is 3.43. The Balaban J connectivity index is 1.85. The molecule has 6 nitrogen and oxygen atoms in total. The highest BCUT2D eigenvalue weighted by Gasteiger charge is 2.21. The number of methoxy groups -OCH3 is 1. The predicted molar refractivity (Wildman–Crippen MR) is 93.2 cm³/mol. The van der Waals surface area contributed by atoms with E-state index in [-0.39, 0.29) is 5.91 Å². The number of rotatable bonds is 4. The smallest absolute Gasteiger partial charge is 0.272 e.